The van der Waals surface area contributed by atoms with E-state index >= 15 is 0 Å². The molecule has 0 aromatic rings. The Hall–Kier alpha value is -0.320. The van der Waals surface area contributed by atoms with Gasteiger partial charge >= 0.3 is 29.6 Å². The first-order valence-corrected chi connectivity index (χ1v) is 3.51. The summed E-state index contributed by atoms with van der Waals surface area (Å²) in [6.45, 7) is 6.33. The second kappa shape index (κ2) is 6.18. The molecule has 0 rings (SSSR count). The van der Waals surface area contributed by atoms with Gasteiger partial charge in [-0.1, -0.05) is 6.58 Å². The van der Waals surface area contributed by atoms with Crippen molar-refractivity contribution in [3.8, 4) is 0 Å². The van der Waals surface area contributed by atoms with E-state index in [0.717, 1.165) is 4.90 Å². The van der Waals surface area contributed by atoms with Gasteiger partial charge < -0.3 is 14.8 Å². The molecule has 0 unspecified atom stereocenters. The minimum absolute atomic E-state index is 0. The molecule has 68 valence electrons. The monoisotopic (exact) mass is 193 g/mol. The summed E-state index contributed by atoms with van der Waals surface area (Å²) in [6, 6.07) is -0.922. The minimum atomic E-state index is -1.27. The van der Waals surface area contributed by atoms with Crippen molar-refractivity contribution in [2.45, 2.75) is 19.9 Å². The third-order valence-electron chi connectivity index (χ3n) is 1.61. The van der Waals surface area contributed by atoms with E-state index in [4.69, 9.17) is 0 Å². The van der Waals surface area contributed by atoms with Gasteiger partial charge in [-0.15, -0.1) is 0 Å². The first-order valence-electron chi connectivity index (χ1n) is 3.51. The van der Waals surface area contributed by atoms with Crippen molar-refractivity contribution in [2.75, 3.05) is 7.05 Å². The van der Waals surface area contributed by atoms with Crippen molar-refractivity contribution >= 4 is 11.9 Å². The number of hydrogen-bond donors (Lipinski definition) is 0. The molecule has 0 N–H and O–H groups in total. The Labute approximate surface area is 99.9 Å². The number of carbonyl (C=O) groups excluding carboxylic acids is 2. The van der Waals surface area contributed by atoms with Gasteiger partial charge in [-0.2, -0.15) is 0 Å². The van der Waals surface area contributed by atoms with Crippen LogP contribution >= 0.6 is 0 Å². The fourth-order valence-electron chi connectivity index (χ4n) is 0.635. The van der Waals surface area contributed by atoms with Gasteiger partial charge in [-0.25, -0.2) is 0 Å². The fraction of sp³-hybridized carbons (Fsp3) is 0.500. The number of carboxylic acid groups (broad SMARTS) is 1. The normalized spacial score (nSPS) is 11.0. The Bertz CT molecular complexity index is 227. The molecule has 4 nitrogen and oxygen atoms in total. The largest absolute Gasteiger partial charge is 1.00 e. The van der Waals surface area contributed by atoms with Crippen LogP contribution in [0.25, 0.3) is 0 Å². The summed E-state index contributed by atoms with van der Waals surface area (Å²) in [7, 11) is 1.40. The number of amides is 1. The van der Waals surface area contributed by atoms with Crippen molar-refractivity contribution < 1.29 is 44.3 Å². The van der Waals surface area contributed by atoms with Crippen LogP contribution in [0.4, 0.5) is 0 Å². The van der Waals surface area contributed by atoms with Crippen molar-refractivity contribution in [3.05, 3.63) is 12.2 Å². The number of carboxylic acids is 1. The Balaban J connectivity index is 0. The summed E-state index contributed by atoms with van der Waals surface area (Å²) in [4.78, 5) is 22.5. The molecule has 0 bridgehead atoms. The molecule has 0 aliphatic carbocycles. The van der Waals surface area contributed by atoms with Crippen LogP contribution < -0.4 is 34.7 Å². The SMILES string of the molecule is C=C(C)C(=O)N(C)[C@@H](C)C(=O)[O-].[Na+]. The zero-order valence-corrected chi connectivity index (χ0v) is 10.5. The number of nitrogens with zero attached hydrogens (tertiary/aromatic N) is 1. The van der Waals surface area contributed by atoms with Gasteiger partial charge in [-0.05, 0) is 13.8 Å². The molecule has 0 saturated carbocycles. The van der Waals surface area contributed by atoms with E-state index < -0.39 is 12.0 Å². The van der Waals surface area contributed by atoms with Crippen molar-refractivity contribution in [1.29, 1.82) is 0 Å². The van der Waals surface area contributed by atoms with Crippen LogP contribution in [0, 0.1) is 0 Å². The van der Waals surface area contributed by atoms with Crippen LogP contribution in [0.1, 0.15) is 13.8 Å². The Morgan fingerprint density at radius 1 is 1.46 bits per heavy atom. The molecule has 0 spiro atoms. The van der Waals surface area contributed by atoms with Gasteiger partial charge in [0.1, 0.15) is 0 Å². The molecule has 1 amide bonds. The van der Waals surface area contributed by atoms with Gasteiger partial charge in [0.05, 0.1) is 12.0 Å². The average Bonchev–Trinajstić information content (AvgIpc) is 2.00. The number of likely N-dealkylation sites (N-methyl/N-ethyl adjacent to an activating group) is 1. The van der Waals surface area contributed by atoms with Crippen LogP contribution in [-0.2, 0) is 9.59 Å². The Morgan fingerprint density at radius 2 is 1.85 bits per heavy atom. The van der Waals surface area contributed by atoms with E-state index in [1.54, 1.807) is 0 Å². The van der Waals surface area contributed by atoms with Gasteiger partial charge in [0.2, 0.25) is 5.91 Å². The molecular formula is C8H12NNaO3. The molecule has 1 atom stereocenters. The molecule has 13 heavy (non-hydrogen) atoms. The van der Waals surface area contributed by atoms with E-state index in [1.807, 2.05) is 0 Å². The molecule has 0 aliphatic rings. The molecule has 0 aromatic heterocycles. The molecule has 0 saturated heterocycles. The van der Waals surface area contributed by atoms with E-state index in [-0.39, 0.29) is 35.5 Å². The minimum Gasteiger partial charge on any atom is -0.548 e. The predicted octanol–water partition coefficient (Wildman–Crippen LogP) is -3.84. The van der Waals surface area contributed by atoms with Crippen molar-refractivity contribution in [3.63, 3.8) is 0 Å². The third-order valence-corrected chi connectivity index (χ3v) is 1.61. The summed E-state index contributed by atoms with van der Waals surface area (Å²) in [5, 5.41) is 10.3. The van der Waals surface area contributed by atoms with Crippen molar-refractivity contribution in [1.82, 2.24) is 4.90 Å². The quantitative estimate of drug-likeness (QED) is 0.341. The predicted molar refractivity (Wildman–Crippen MR) is 42.1 cm³/mol. The van der Waals surface area contributed by atoms with Crippen LogP contribution in [0.2, 0.25) is 0 Å². The molecular weight excluding hydrogens is 181 g/mol. The topological polar surface area (TPSA) is 60.4 Å². The maximum Gasteiger partial charge on any atom is 1.00 e. The summed E-state index contributed by atoms with van der Waals surface area (Å²) >= 11 is 0. The van der Waals surface area contributed by atoms with E-state index in [2.05, 4.69) is 6.58 Å². The standard InChI is InChI=1S/C8H13NO3.Na/c1-5(2)7(10)9(4)6(3)8(11)12;/h6H,1H2,2-4H3,(H,11,12);/q;+1/p-1/t6-;/m0./s1. The summed E-state index contributed by atoms with van der Waals surface area (Å²) < 4.78 is 0. The number of hydrogen-bond acceptors (Lipinski definition) is 3. The summed E-state index contributed by atoms with van der Waals surface area (Å²) in [6.07, 6.45) is 0. The smallest absolute Gasteiger partial charge is 0.548 e. The number of carbonyl (C=O) groups is 2. The second-order valence-corrected chi connectivity index (χ2v) is 2.69. The maximum absolute atomic E-state index is 11.1. The summed E-state index contributed by atoms with van der Waals surface area (Å²) in [5.74, 6) is -1.65. The van der Waals surface area contributed by atoms with E-state index in [9.17, 15) is 14.7 Å². The zero-order valence-electron chi connectivity index (χ0n) is 8.46. The maximum atomic E-state index is 11.1. The van der Waals surface area contributed by atoms with Crippen LogP contribution in [-0.4, -0.2) is 29.9 Å². The number of aliphatic carboxylic acids is 1. The summed E-state index contributed by atoms with van der Waals surface area (Å²) in [5.41, 5.74) is 0.311. The van der Waals surface area contributed by atoms with Crippen molar-refractivity contribution in [2.24, 2.45) is 0 Å². The number of rotatable bonds is 3. The van der Waals surface area contributed by atoms with Gasteiger partial charge in [-0.3, -0.25) is 4.79 Å². The molecule has 0 aliphatic heterocycles. The first kappa shape index (κ1) is 15.2. The second-order valence-electron chi connectivity index (χ2n) is 2.69. The van der Waals surface area contributed by atoms with Gasteiger partial charge in [0, 0.05) is 12.6 Å². The van der Waals surface area contributed by atoms with Crippen LogP contribution in [0.5, 0.6) is 0 Å². The van der Waals surface area contributed by atoms with Gasteiger partial charge in [0.25, 0.3) is 0 Å². The molecule has 0 radical (unpaired) electrons. The van der Waals surface area contributed by atoms with E-state index in [0.29, 0.717) is 5.57 Å². The Kier molecular flexibility index (Phi) is 7.21. The zero-order chi connectivity index (χ0) is 9.89. The fourth-order valence-corrected chi connectivity index (χ4v) is 0.635. The molecule has 0 heterocycles. The van der Waals surface area contributed by atoms with Crippen LogP contribution in [0.3, 0.4) is 0 Å². The Morgan fingerprint density at radius 3 is 2.08 bits per heavy atom. The molecule has 0 aromatic carbocycles. The molecule has 5 heteroatoms. The van der Waals surface area contributed by atoms with Crippen LogP contribution in [0.15, 0.2) is 12.2 Å². The first-order chi connectivity index (χ1) is 5.37. The third kappa shape index (κ3) is 4.45. The average molecular weight is 193 g/mol. The van der Waals surface area contributed by atoms with Gasteiger partial charge in [0.15, 0.2) is 0 Å². The van der Waals surface area contributed by atoms with E-state index in [1.165, 1.54) is 20.9 Å². The molecule has 0 fully saturated rings.